The van der Waals surface area contributed by atoms with Crippen LogP contribution in [0.15, 0.2) is 48.5 Å². The van der Waals surface area contributed by atoms with E-state index in [-0.39, 0.29) is 0 Å². The fourth-order valence-corrected chi connectivity index (χ4v) is 1.49. The lowest BCUT2D eigenvalue weighted by Gasteiger charge is -1.98. The maximum Gasteiger partial charge on any atom is 0.342 e. The predicted molar refractivity (Wildman–Crippen MR) is 70.2 cm³/mol. The number of ether oxygens (including phenoxy) is 1. The van der Waals surface area contributed by atoms with Gasteiger partial charge in [0.1, 0.15) is 22.9 Å². The highest BCUT2D eigenvalue weighted by atomic mass is 16.5. The van der Waals surface area contributed by atoms with E-state index in [2.05, 4.69) is 17.0 Å². The molecule has 2 aromatic carbocycles. The Labute approximate surface area is 106 Å². The summed E-state index contributed by atoms with van der Waals surface area (Å²) in [6, 6.07) is 19.8. The van der Waals surface area contributed by atoms with Crippen LogP contribution in [0.5, 0.6) is 5.75 Å². The van der Waals surface area contributed by atoms with Crippen molar-refractivity contribution in [1.29, 1.82) is 5.26 Å². The smallest absolute Gasteiger partial charge is 0.342 e. The van der Waals surface area contributed by atoms with E-state index < -0.39 is 0 Å². The quantitative estimate of drug-likeness (QED) is 0.757. The van der Waals surface area contributed by atoms with Crippen molar-refractivity contribution in [3.05, 3.63) is 64.5 Å². The van der Waals surface area contributed by atoms with E-state index in [1.165, 1.54) is 7.11 Å². The fourth-order valence-electron chi connectivity index (χ4n) is 1.49. The van der Waals surface area contributed by atoms with Gasteiger partial charge in [0.15, 0.2) is 0 Å². The molecule has 0 amide bonds. The molecule has 3 heteroatoms. The van der Waals surface area contributed by atoms with Gasteiger partial charge >= 0.3 is 11.8 Å². The summed E-state index contributed by atoms with van der Waals surface area (Å²) in [5.41, 5.74) is 2.04. The lowest BCUT2D eigenvalue weighted by Crippen LogP contribution is -1.86. The van der Waals surface area contributed by atoms with E-state index >= 15 is 0 Å². The second-order valence-corrected chi connectivity index (χ2v) is 3.59. The van der Waals surface area contributed by atoms with Gasteiger partial charge in [-0.25, -0.2) is 0 Å². The van der Waals surface area contributed by atoms with Gasteiger partial charge in [0.05, 0.1) is 13.2 Å². The standard InChI is InChI=1S/C15H11N2O/c1-18-15-8-7-14(9-13(15)10-16)17-11-12-5-3-2-4-6-12/h2-9H,1H3/q+1. The highest BCUT2D eigenvalue weighted by Gasteiger charge is 2.08. The number of hydrogen-bond donors (Lipinski definition) is 0. The van der Waals surface area contributed by atoms with Gasteiger partial charge in [0, 0.05) is 6.07 Å². The van der Waals surface area contributed by atoms with E-state index in [1.807, 2.05) is 30.3 Å². The molecule has 0 heterocycles. The Balaban J connectivity index is 2.32. The van der Waals surface area contributed by atoms with Gasteiger partial charge in [-0.1, -0.05) is 18.2 Å². The lowest BCUT2D eigenvalue weighted by atomic mass is 10.2. The molecule has 0 fully saturated rings. The third-order valence-electron chi connectivity index (χ3n) is 2.39. The van der Waals surface area contributed by atoms with Gasteiger partial charge in [-0.05, 0) is 23.0 Å². The van der Waals surface area contributed by atoms with Gasteiger partial charge in [-0.2, -0.15) is 5.26 Å². The monoisotopic (exact) mass is 235 g/mol. The highest BCUT2D eigenvalue weighted by molar-refractivity contribution is 5.57. The van der Waals surface area contributed by atoms with Crippen LogP contribution in [0.25, 0.3) is 4.85 Å². The number of methoxy groups -OCH3 is 1. The van der Waals surface area contributed by atoms with E-state index in [0.29, 0.717) is 17.0 Å². The molecule has 0 atom stereocenters. The Hall–Kier alpha value is -2.78. The summed E-state index contributed by atoms with van der Waals surface area (Å²) in [6.45, 7) is 0. The fraction of sp³-hybridized carbons (Fsp3) is 0.0667. The van der Waals surface area contributed by atoms with Gasteiger partial charge in [-0.15, -0.1) is 0 Å². The first-order valence-electron chi connectivity index (χ1n) is 5.43. The average Bonchev–Trinajstić information content (AvgIpc) is 2.45. The van der Waals surface area contributed by atoms with Gasteiger partial charge in [0.25, 0.3) is 0 Å². The van der Waals surface area contributed by atoms with Crippen molar-refractivity contribution in [3.63, 3.8) is 0 Å². The minimum Gasteiger partial charge on any atom is -0.495 e. The van der Waals surface area contributed by atoms with Gasteiger partial charge in [-0.3, -0.25) is 0 Å². The normalized spacial score (nSPS) is 8.89. The van der Waals surface area contributed by atoms with E-state index in [9.17, 15) is 0 Å². The van der Waals surface area contributed by atoms with Crippen molar-refractivity contribution in [3.8, 4) is 17.9 Å². The molecule has 2 aromatic rings. The van der Waals surface area contributed by atoms with Crippen LogP contribution in [-0.4, -0.2) is 7.11 Å². The molecule has 0 aliphatic heterocycles. The van der Waals surface area contributed by atoms with Gasteiger partial charge in [0.2, 0.25) is 0 Å². The molecule has 86 valence electrons. The van der Waals surface area contributed by atoms with Crippen molar-refractivity contribution in [1.82, 2.24) is 0 Å². The molecule has 0 unspecified atom stereocenters. The molecule has 0 aliphatic carbocycles. The first-order chi connectivity index (χ1) is 8.83. The van der Waals surface area contributed by atoms with Crippen LogP contribution in [-0.2, 0) is 0 Å². The van der Waals surface area contributed by atoms with Crippen LogP contribution in [0.1, 0.15) is 11.1 Å². The molecule has 0 N–H and O–H groups in total. The molecule has 0 spiro atoms. The molecule has 0 aliphatic rings. The second kappa shape index (κ2) is 5.52. The SMILES string of the molecule is COc1ccc([N+]#Cc2ccccc2)cc1C#N. The Bertz CT molecular complexity index is 646. The molecule has 0 saturated carbocycles. The predicted octanol–water partition coefficient (Wildman–Crippen LogP) is 3.58. The van der Waals surface area contributed by atoms with Crippen molar-refractivity contribution >= 4 is 5.69 Å². The number of rotatable bonds is 1. The molecule has 0 radical (unpaired) electrons. The number of nitriles is 1. The van der Waals surface area contributed by atoms with E-state index in [4.69, 9.17) is 10.00 Å². The number of benzene rings is 2. The summed E-state index contributed by atoms with van der Waals surface area (Å²) in [5.74, 6) is 0.552. The Morgan fingerprint density at radius 1 is 1.11 bits per heavy atom. The average molecular weight is 235 g/mol. The van der Waals surface area contributed by atoms with Crippen LogP contribution in [0.2, 0.25) is 0 Å². The molecular formula is C15H11N2O+. The van der Waals surface area contributed by atoms with Gasteiger partial charge < -0.3 is 4.74 Å². The zero-order chi connectivity index (χ0) is 12.8. The maximum absolute atomic E-state index is 8.97. The maximum atomic E-state index is 8.97. The summed E-state index contributed by atoms with van der Waals surface area (Å²) in [6.07, 6.45) is 0. The zero-order valence-corrected chi connectivity index (χ0v) is 9.92. The summed E-state index contributed by atoms with van der Waals surface area (Å²) in [5, 5.41) is 8.97. The van der Waals surface area contributed by atoms with Crippen LogP contribution in [0, 0.1) is 17.4 Å². The number of nitrogens with zero attached hydrogens (tertiary/aromatic N) is 2. The largest absolute Gasteiger partial charge is 0.495 e. The topological polar surface area (TPSA) is 37.4 Å². The van der Waals surface area contributed by atoms with Crippen molar-refractivity contribution in [2.45, 2.75) is 0 Å². The summed E-state index contributed by atoms with van der Waals surface area (Å²) in [7, 11) is 1.54. The van der Waals surface area contributed by atoms with E-state index in [0.717, 1.165) is 5.56 Å². The summed E-state index contributed by atoms with van der Waals surface area (Å²) < 4.78 is 5.07. The van der Waals surface area contributed by atoms with Crippen LogP contribution in [0.3, 0.4) is 0 Å². The van der Waals surface area contributed by atoms with E-state index in [1.54, 1.807) is 18.2 Å². The first-order valence-corrected chi connectivity index (χ1v) is 5.43. The van der Waals surface area contributed by atoms with Crippen LogP contribution in [0.4, 0.5) is 5.69 Å². The zero-order valence-electron chi connectivity index (χ0n) is 9.92. The lowest BCUT2D eigenvalue weighted by molar-refractivity contribution is 0.413. The highest BCUT2D eigenvalue weighted by Crippen LogP contribution is 2.23. The number of hydrogen-bond acceptors (Lipinski definition) is 2. The molecule has 0 bridgehead atoms. The van der Waals surface area contributed by atoms with Crippen LogP contribution >= 0.6 is 0 Å². The third-order valence-corrected chi connectivity index (χ3v) is 2.39. The molecule has 0 saturated heterocycles. The third kappa shape index (κ3) is 2.66. The minimum absolute atomic E-state index is 0.466. The Morgan fingerprint density at radius 3 is 2.56 bits per heavy atom. The molecule has 3 nitrogen and oxygen atoms in total. The molecular weight excluding hydrogens is 224 g/mol. The Morgan fingerprint density at radius 2 is 1.89 bits per heavy atom. The molecule has 18 heavy (non-hydrogen) atoms. The van der Waals surface area contributed by atoms with Crippen molar-refractivity contribution < 1.29 is 4.74 Å². The summed E-state index contributed by atoms with van der Waals surface area (Å²) >= 11 is 0. The first kappa shape index (κ1) is 11.7. The molecule has 2 rings (SSSR count). The minimum atomic E-state index is 0.466. The molecule has 0 aromatic heterocycles. The Kier molecular flexibility index (Phi) is 3.59. The van der Waals surface area contributed by atoms with Crippen LogP contribution < -0.4 is 4.74 Å². The van der Waals surface area contributed by atoms with Crippen molar-refractivity contribution in [2.75, 3.05) is 7.11 Å². The van der Waals surface area contributed by atoms with Crippen molar-refractivity contribution in [2.24, 2.45) is 0 Å². The second-order valence-electron chi connectivity index (χ2n) is 3.59. The summed E-state index contributed by atoms with van der Waals surface area (Å²) in [4.78, 5) is 4.20.